The van der Waals surface area contributed by atoms with Gasteiger partial charge >= 0.3 is 0 Å². The van der Waals surface area contributed by atoms with Crippen LogP contribution in [0.5, 0.6) is 0 Å². The Hall–Kier alpha value is -2.30. The highest BCUT2D eigenvalue weighted by Crippen LogP contribution is 2.36. The highest BCUT2D eigenvalue weighted by Gasteiger charge is 2.49. The minimum atomic E-state index is -2.46. The second-order valence-corrected chi connectivity index (χ2v) is 11.9. The molecule has 2 aromatic rings. The highest BCUT2D eigenvalue weighted by molar-refractivity contribution is 6.99. The average molecular weight is 391 g/mol. The van der Waals surface area contributed by atoms with Crippen LogP contribution in [0.2, 0.25) is 5.04 Å². The first-order valence-corrected chi connectivity index (χ1v) is 11.7. The van der Waals surface area contributed by atoms with Crippen LogP contribution in [0.1, 0.15) is 40.0 Å². The van der Waals surface area contributed by atoms with E-state index in [2.05, 4.69) is 105 Å². The smallest absolute Gasteiger partial charge is 0.261 e. The van der Waals surface area contributed by atoms with Gasteiger partial charge in [-0.15, -0.1) is 0 Å². The number of aliphatic hydroxyl groups is 1. The molecule has 0 saturated carbocycles. The third-order valence-electron chi connectivity index (χ3n) is 4.63. The van der Waals surface area contributed by atoms with Crippen LogP contribution in [0.25, 0.3) is 0 Å². The van der Waals surface area contributed by atoms with Gasteiger partial charge in [0.15, 0.2) is 0 Å². The van der Waals surface area contributed by atoms with Gasteiger partial charge in [-0.25, -0.2) is 0 Å². The lowest BCUT2D eigenvalue weighted by molar-refractivity contribution is 0.305. The molecule has 0 aliphatic rings. The molecule has 0 radical (unpaired) electrons. The first kappa shape index (κ1) is 22.0. The molecule has 0 aliphatic carbocycles. The molecule has 2 aromatic carbocycles. The Bertz CT molecular complexity index is 791. The molecule has 0 unspecified atom stereocenters. The lowest BCUT2D eigenvalue weighted by atomic mass is 10.2. The van der Waals surface area contributed by atoms with Crippen molar-refractivity contribution in [1.29, 1.82) is 0 Å². The van der Waals surface area contributed by atoms with Crippen molar-refractivity contribution in [1.82, 2.24) is 0 Å². The molecule has 0 atom stereocenters. The van der Waals surface area contributed by atoms with Gasteiger partial charge in [-0.3, -0.25) is 0 Å². The van der Waals surface area contributed by atoms with Crippen molar-refractivity contribution in [2.45, 2.75) is 45.1 Å². The summed E-state index contributed by atoms with van der Waals surface area (Å²) in [4.78, 5) is 0. The van der Waals surface area contributed by atoms with Crippen LogP contribution in [0.3, 0.4) is 0 Å². The quantitative estimate of drug-likeness (QED) is 0.463. The minimum Gasteiger partial charge on any atom is -0.406 e. The summed E-state index contributed by atoms with van der Waals surface area (Å²) in [6.07, 6.45) is 1.74. The Kier molecular flexibility index (Phi) is 8.55. The Morgan fingerprint density at radius 2 is 1.29 bits per heavy atom. The van der Waals surface area contributed by atoms with Gasteiger partial charge in [-0.1, -0.05) is 105 Å². The first-order chi connectivity index (χ1) is 13.5. The van der Waals surface area contributed by atoms with Crippen molar-refractivity contribution in [2.24, 2.45) is 0 Å². The fraction of sp³-hybridized carbons (Fsp3) is 0.360. The van der Waals surface area contributed by atoms with E-state index in [0.29, 0.717) is 25.9 Å². The van der Waals surface area contributed by atoms with E-state index in [0.717, 1.165) is 0 Å². The van der Waals surface area contributed by atoms with Crippen molar-refractivity contribution < 1.29 is 9.53 Å². The Morgan fingerprint density at radius 3 is 1.75 bits per heavy atom. The predicted molar refractivity (Wildman–Crippen MR) is 120 cm³/mol. The first-order valence-electron chi connectivity index (χ1n) is 9.79. The second kappa shape index (κ2) is 10.9. The monoisotopic (exact) mass is 390 g/mol. The van der Waals surface area contributed by atoms with Crippen LogP contribution in [0, 0.1) is 23.7 Å². The molecular formula is C25H30O2Si. The molecule has 1 N–H and O–H groups in total. The molecule has 3 heteroatoms. The summed E-state index contributed by atoms with van der Waals surface area (Å²) in [5.74, 6) is 12.1. The number of benzene rings is 2. The van der Waals surface area contributed by atoms with E-state index in [-0.39, 0.29) is 11.6 Å². The third-order valence-corrected chi connectivity index (χ3v) is 9.67. The molecule has 0 heterocycles. The maximum Gasteiger partial charge on any atom is 0.261 e. The van der Waals surface area contributed by atoms with Gasteiger partial charge in [0, 0.05) is 19.4 Å². The summed E-state index contributed by atoms with van der Waals surface area (Å²) in [7, 11) is -2.46. The summed E-state index contributed by atoms with van der Waals surface area (Å²) in [6.45, 7) is 7.54. The molecule has 146 valence electrons. The molecule has 28 heavy (non-hydrogen) atoms. The molecule has 2 nitrogen and oxygen atoms in total. The summed E-state index contributed by atoms with van der Waals surface area (Å²) < 4.78 is 6.78. The third kappa shape index (κ3) is 5.60. The Balaban J connectivity index is 2.23. The van der Waals surface area contributed by atoms with Gasteiger partial charge in [0.1, 0.15) is 0 Å². The molecule has 0 saturated heterocycles. The van der Waals surface area contributed by atoms with Gasteiger partial charge < -0.3 is 9.53 Å². The summed E-state index contributed by atoms with van der Waals surface area (Å²) in [6, 6.07) is 21.3. The maximum absolute atomic E-state index is 8.72. The number of hydrogen-bond acceptors (Lipinski definition) is 2. The Labute approximate surface area is 171 Å². The molecule has 2 rings (SSSR count). The topological polar surface area (TPSA) is 29.5 Å². The fourth-order valence-electron chi connectivity index (χ4n) is 3.42. The SMILES string of the molecule is CC(C)(C)[Si](OCCC#CCC#CCCO)(c1ccccc1)c1ccccc1. The van der Waals surface area contributed by atoms with Crippen molar-refractivity contribution in [3.8, 4) is 23.7 Å². The Morgan fingerprint density at radius 1 is 0.786 bits per heavy atom. The standard InChI is InChI=1S/C25H30O2Si/c1-25(2,3)28(23-17-11-9-12-18-23,24-19-13-10-14-20-24)27-22-16-8-6-4-5-7-15-21-26/h9-14,17-20,26H,4,15-16,21-22H2,1-3H3. The van der Waals surface area contributed by atoms with Crippen LogP contribution < -0.4 is 10.4 Å². The van der Waals surface area contributed by atoms with E-state index in [1.54, 1.807) is 0 Å². The van der Waals surface area contributed by atoms with Crippen LogP contribution in [0.15, 0.2) is 60.7 Å². The minimum absolute atomic E-state index is 0.0150. The average Bonchev–Trinajstić information content (AvgIpc) is 2.70. The zero-order valence-corrected chi connectivity index (χ0v) is 18.2. The van der Waals surface area contributed by atoms with Crippen LogP contribution >= 0.6 is 0 Å². The van der Waals surface area contributed by atoms with Gasteiger partial charge in [0.25, 0.3) is 8.32 Å². The van der Waals surface area contributed by atoms with E-state index >= 15 is 0 Å². The van der Waals surface area contributed by atoms with Crippen molar-refractivity contribution in [3.05, 3.63) is 60.7 Å². The van der Waals surface area contributed by atoms with Crippen molar-refractivity contribution >= 4 is 18.7 Å². The predicted octanol–water partition coefficient (Wildman–Crippen LogP) is 3.73. The van der Waals surface area contributed by atoms with E-state index in [1.807, 2.05) is 0 Å². The molecule has 0 aliphatic heterocycles. The van der Waals surface area contributed by atoms with Gasteiger partial charge in [-0.2, -0.15) is 0 Å². The van der Waals surface area contributed by atoms with Gasteiger partial charge in [0.05, 0.1) is 13.0 Å². The van der Waals surface area contributed by atoms with E-state index in [9.17, 15) is 0 Å². The summed E-state index contributed by atoms with van der Waals surface area (Å²) >= 11 is 0. The van der Waals surface area contributed by atoms with E-state index in [1.165, 1.54) is 10.4 Å². The van der Waals surface area contributed by atoms with Crippen molar-refractivity contribution in [3.63, 3.8) is 0 Å². The van der Waals surface area contributed by atoms with E-state index < -0.39 is 8.32 Å². The molecule has 0 spiro atoms. The zero-order valence-electron chi connectivity index (χ0n) is 17.2. The maximum atomic E-state index is 8.72. The van der Waals surface area contributed by atoms with Gasteiger partial charge in [0.2, 0.25) is 0 Å². The zero-order chi connectivity index (χ0) is 20.3. The lowest BCUT2D eigenvalue weighted by Crippen LogP contribution is -2.66. The molecular weight excluding hydrogens is 360 g/mol. The molecule has 0 fully saturated rings. The number of hydrogen-bond donors (Lipinski definition) is 1. The second-order valence-electron chi connectivity index (χ2n) is 7.62. The summed E-state index contributed by atoms with van der Waals surface area (Å²) in [5.41, 5.74) is 0. The van der Waals surface area contributed by atoms with Crippen LogP contribution in [-0.2, 0) is 4.43 Å². The fourth-order valence-corrected chi connectivity index (χ4v) is 7.98. The summed E-state index contributed by atoms with van der Waals surface area (Å²) in [5, 5.41) is 11.3. The number of aliphatic hydroxyl groups excluding tert-OH is 1. The largest absolute Gasteiger partial charge is 0.406 e. The van der Waals surface area contributed by atoms with Crippen LogP contribution in [-0.4, -0.2) is 26.6 Å². The number of rotatable bonds is 6. The normalized spacial score (nSPS) is 11.1. The van der Waals surface area contributed by atoms with Crippen LogP contribution in [0.4, 0.5) is 0 Å². The lowest BCUT2D eigenvalue weighted by Gasteiger charge is -2.43. The molecule has 0 aromatic heterocycles. The highest BCUT2D eigenvalue weighted by atomic mass is 28.4. The van der Waals surface area contributed by atoms with E-state index in [4.69, 9.17) is 9.53 Å². The van der Waals surface area contributed by atoms with Gasteiger partial charge in [-0.05, 0) is 15.4 Å². The molecule has 0 bridgehead atoms. The van der Waals surface area contributed by atoms with Crippen molar-refractivity contribution in [2.75, 3.05) is 13.2 Å². The molecule has 0 amide bonds.